The van der Waals surface area contributed by atoms with Crippen LogP contribution in [-0.4, -0.2) is 10.6 Å². The Morgan fingerprint density at radius 2 is 1.93 bits per heavy atom. The number of aryl methyl sites for hydroxylation is 2. The molecule has 0 saturated heterocycles. The van der Waals surface area contributed by atoms with Crippen molar-refractivity contribution in [2.24, 2.45) is 7.05 Å². The van der Waals surface area contributed by atoms with Crippen LogP contribution in [-0.2, 0) is 13.6 Å². The molecule has 2 aromatic carbocycles. The number of fused-ring (bicyclic) bond motifs is 1. The highest BCUT2D eigenvalue weighted by molar-refractivity contribution is 7.13. The van der Waals surface area contributed by atoms with Crippen LogP contribution in [0, 0.1) is 6.92 Å². The Hall–Kier alpha value is -3.05. The van der Waals surface area contributed by atoms with Gasteiger partial charge in [-0.3, -0.25) is 0 Å². The van der Waals surface area contributed by atoms with E-state index in [1.165, 1.54) is 10.3 Å². The lowest BCUT2D eigenvalue weighted by Crippen LogP contribution is -2.28. The number of hydrogen-bond donors (Lipinski definition) is 2. The molecule has 0 aliphatic heterocycles. The number of nitrogens with one attached hydrogen (secondary N) is 2. The number of benzene rings is 2. The van der Waals surface area contributed by atoms with Crippen LogP contribution < -0.4 is 10.6 Å². The quantitative estimate of drug-likeness (QED) is 0.483. The normalized spacial score (nSPS) is 10.9. The number of para-hydroxylation sites is 1. The van der Waals surface area contributed by atoms with Gasteiger partial charge in [0.1, 0.15) is 0 Å². The molecule has 0 aliphatic rings. The molecular formula is C22H21N3OS. The fourth-order valence-corrected chi connectivity index (χ4v) is 4.28. The van der Waals surface area contributed by atoms with Gasteiger partial charge in [-0.25, -0.2) is 4.79 Å². The summed E-state index contributed by atoms with van der Waals surface area (Å²) in [5.41, 5.74) is 5.36. The molecule has 4 rings (SSSR count). The predicted octanol–water partition coefficient (Wildman–Crippen LogP) is 5.54. The number of urea groups is 1. The molecule has 0 bridgehead atoms. The Labute approximate surface area is 162 Å². The van der Waals surface area contributed by atoms with Crippen LogP contribution in [0.5, 0.6) is 0 Å². The van der Waals surface area contributed by atoms with Crippen molar-refractivity contribution < 1.29 is 4.79 Å². The third kappa shape index (κ3) is 3.46. The lowest BCUT2D eigenvalue weighted by Gasteiger charge is -2.10. The SMILES string of the molecule is Cc1cccc(NC(=O)NCc2c(-c3cccs3)n(C)c3ccccc23)c1. The molecule has 2 aromatic heterocycles. The minimum absolute atomic E-state index is 0.203. The Kier molecular flexibility index (Phi) is 4.69. The van der Waals surface area contributed by atoms with Crippen LogP contribution in [0.3, 0.4) is 0 Å². The average Bonchev–Trinajstić information content (AvgIpc) is 3.27. The smallest absolute Gasteiger partial charge is 0.319 e. The molecule has 0 aliphatic carbocycles. The van der Waals surface area contributed by atoms with Crippen LogP contribution in [0.25, 0.3) is 21.5 Å². The fraction of sp³-hybridized carbons (Fsp3) is 0.136. The summed E-state index contributed by atoms with van der Waals surface area (Å²) >= 11 is 1.71. The summed E-state index contributed by atoms with van der Waals surface area (Å²) in [6, 6.07) is 20.1. The standard InChI is InChI=1S/C22H21N3OS/c1-15-7-5-8-16(13-15)24-22(26)23-14-18-17-9-3-4-10-19(17)25(2)21(18)20-11-6-12-27-20/h3-13H,14H2,1-2H3,(H2,23,24,26). The van der Waals surface area contributed by atoms with E-state index < -0.39 is 0 Å². The summed E-state index contributed by atoms with van der Waals surface area (Å²) in [6.07, 6.45) is 0. The topological polar surface area (TPSA) is 46.1 Å². The second-order valence-corrected chi connectivity index (χ2v) is 7.51. The average molecular weight is 375 g/mol. The Bertz CT molecular complexity index is 1100. The molecule has 136 valence electrons. The first-order chi connectivity index (χ1) is 13.1. The van der Waals surface area contributed by atoms with Gasteiger partial charge in [-0.2, -0.15) is 0 Å². The molecule has 0 spiro atoms. The minimum Gasteiger partial charge on any atom is -0.343 e. The summed E-state index contributed by atoms with van der Waals surface area (Å²) in [7, 11) is 2.08. The van der Waals surface area contributed by atoms with E-state index in [0.29, 0.717) is 6.54 Å². The minimum atomic E-state index is -0.203. The number of nitrogens with zero attached hydrogens (tertiary/aromatic N) is 1. The highest BCUT2D eigenvalue weighted by atomic mass is 32.1. The Morgan fingerprint density at radius 3 is 2.70 bits per heavy atom. The molecule has 5 heteroatoms. The second-order valence-electron chi connectivity index (χ2n) is 6.56. The monoisotopic (exact) mass is 375 g/mol. The van der Waals surface area contributed by atoms with Crippen molar-refractivity contribution in [2.45, 2.75) is 13.5 Å². The predicted molar refractivity (Wildman–Crippen MR) is 113 cm³/mol. The fourth-order valence-electron chi connectivity index (χ4n) is 3.44. The summed E-state index contributed by atoms with van der Waals surface area (Å²) in [5.74, 6) is 0. The van der Waals surface area contributed by atoms with E-state index in [2.05, 4.69) is 51.9 Å². The van der Waals surface area contributed by atoms with Crippen molar-refractivity contribution in [3.8, 4) is 10.6 Å². The van der Waals surface area contributed by atoms with Crippen molar-refractivity contribution in [3.05, 3.63) is 77.2 Å². The summed E-state index contributed by atoms with van der Waals surface area (Å²) in [5, 5.41) is 9.17. The van der Waals surface area contributed by atoms with Crippen molar-refractivity contribution in [1.82, 2.24) is 9.88 Å². The van der Waals surface area contributed by atoms with Crippen LogP contribution >= 0.6 is 11.3 Å². The largest absolute Gasteiger partial charge is 0.343 e. The van der Waals surface area contributed by atoms with E-state index in [9.17, 15) is 4.79 Å². The Morgan fingerprint density at radius 1 is 1.07 bits per heavy atom. The lowest BCUT2D eigenvalue weighted by atomic mass is 10.1. The molecule has 2 amide bonds. The maximum atomic E-state index is 12.4. The maximum absolute atomic E-state index is 12.4. The van der Waals surface area contributed by atoms with Gasteiger partial charge >= 0.3 is 6.03 Å². The van der Waals surface area contributed by atoms with Gasteiger partial charge in [-0.1, -0.05) is 36.4 Å². The molecule has 2 N–H and O–H groups in total. The van der Waals surface area contributed by atoms with Crippen LogP contribution in [0.1, 0.15) is 11.1 Å². The Balaban J connectivity index is 1.62. The number of rotatable bonds is 4. The van der Waals surface area contributed by atoms with Gasteiger partial charge in [0.05, 0.1) is 10.6 Å². The molecule has 0 fully saturated rings. The number of thiophene rings is 1. The van der Waals surface area contributed by atoms with Crippen LogP contribution in [0.15, 0.2) is 66.0 Å². The van der Waals surface area contributed by atoms with Crippen molar-refractivity contribution >= 4 is 34.0 Å². The molecule has 27 heavy (non-hydrogen) atoms. The number of amides is 2. The van der Waals surface area contributed by atoms with E-state index >= 15 is 0 Å². The molecule has 0 saturated carbocycles. The molecule has 0 radical (unpaired) electrons. The molecule has 2 heterocycles. The van der Waals surface area contributed by atoms with Crippen LogP contribution in [0.4, 0.5) is 10.5 Å². The first-order valence-electron chi connectivity index (χ1n) is 8.85. The van der Waals surface area contributed by atoms with Gasteiger partial charge < -0.3 is 15.2 Å². The molecule has 0 atom stereocenters. The van der Waals surface area contributed by atoms with Gasteiger partial charge in [0, 0.05) is 35.7 Å². The van der Waals surface area contributed by atoms with Gasteiger partial charge in [0.15, 0.2) is 0 Å². The third-order valence-corrected chi connectivity index (χ3v) is 5.54. The maximum Gasteiger partial charge on any atom is 0.319 e. The van der Waals surface area contributed by atoms with Crippen LogP contribution in [0.2, 0.25) is 0 Å². The van der Waals surface area contributed by atoms with Crippen molar-refractivity contribution in [3.63, 3.8) is 0 Å². The lowest BCUT2D eigenvalue weighted by molar-refractivity contribution is 0.252. The number of anilines is 1. The summed E-state index contributed by atoms with van der Waals surface area (Å²) < 4.78 is 2.21. The number of hydrogen-bond acceptors (Lipinski definition) is 2. The van der Waals surface area contributed by atoms with Crippen molar-refractivity contribution in [2.75, 3.05) is 5.32 Å². The zero-order chi connectivity index (χ0) is 18.8. The number of carbonyl (C=O) groups is 1. The highest BCUT2D eigenvalue weighted by Crippen LogP contribution is 2.35. The number of aromatic nitrogens is 1. The second kappa shape index (κ2) is 7.29. The van der Waals surface area contributed by atoms with Gasteiger partial charge in [0.25, 0.3) is 0 Å². The highest BCUT2D eigenvalue weighted by Gasteiger charge is 2.17. The van der Waals surface area contributed by atoms with E-state index in [1.807, 2.05) is 43.3 Å². The van der Waals surface area contributed by atoms with E-state index in [1.54, 1.807) is 11.3 Å². The molecule has 4 aromatic rings. The zero-order valence-corrected chi connectivity index (χ0v) is 16.1. The third-order valence-electron chi connectivity index (χ3n) is 4.67. The molecular weight excluding hydrogens is 354 g/mol. The van der Waals surface area contributed by atoms with Gasteiger partial charge in [-0.05, 0) is 42.1 Å². The first-order valence-corrected chi connectivity index (χ1v) is 9.73. The molecule has 4 nitrogen and oxygen atoms in total. The number of carbonyl (C=O) groups excluding carboxylic acids is 1. The van der Waals surface area contributed by atoms with E-state index in [-0.39, 0.29) is 6.03 Å². The first kappa shape index (κ1) is 17.4. The van der Waals surface area contributed by atoms with E-state index in [4.69, 9.17) is 0 Å². The van der Waals surface area contributed by atoms with Gasteiger partial charge in [-0.15, -0.1) is 11.3 Å². The zero-order valence-electron chi connectivity index (χ0n) is 15.3. The van der Waals surface area contributed by atoms with Crippen molar-refractivity contribution in [1.29, 1.82) is 0 Å². The van der Waals surface area contributed by atoms with E-state index in [0.717, 1.165) is 28.0 Å². The molecule has 0 unspecified atom stereocenters. The summed E-state index contributed by atoms with van der Waals surface area (Å²) in [4.78, 5) is 13.6. The summed E-state index contributed by atoms with van der Waals surface area (Å²) in [6.45, 7) is 2.47. The van der Waals surface area contributed by atoms with Gasteiger partial charge in [0.2, 0.25) is 0 Å².